The summed E-state index contributed by atoms with van der Waals surface area (Å²) in [6, 6.07) is 2.48. The van der Waals surface area contributed by atoms with Gasteiger partial charge >= 0.3 is 0 Å². The molecule has 104 valence electrons. The average Bonchev–Trinajstić information content (AvgIpc) is 2.73. The zero-order valence-corrected chi connectivity index (χ0v) is 13.8. The highest BCUT2D eigenvalue weighted by atomic mass is 79.9. The van der Waals surface area contributed by atoms with Crippen LogP contribution in [0, 0.1) is 5.92 Å². The van der Waals surface area contributed by atoms with Gasteiger partial charge in [-0.15, -0.1) is 11.3 Å². The topological polar surface area (TPSA) is 32.3 Å². The molecule has 1 aromatic rings. The minimum atomic E-state index is -0.00521. The van der Waals surface area contributed by atoms with Crippen molar-refractivity contribution in [3.05, 3.63) is 19.8 Å². The predicted molar refractivity (Wildman–Crippen MR) is 82.0 cm³/mol. The molecule has 3 saturated heterocycles. The molecule has 1 N–H and O–H groups in total. The number of carbonyl (C=O) groups is 1. The van der Waals surface area contributed by atoms with Crippen LogP contribution in [0.5, 0.6) is 0 Å². The van der Waals surface area contributed by atoms with Crippen molar-refractivity contribution >= 4 is 44.8 Å². The highest BCUT2D eigenvalue weighted by molar-refractivity contribution is 9.10. The minimum Gasteiger partial charge on any atom is -0.347 e. The molecule has 0 aliphatic carbocycles. The van der Waals surface area contributed by atoms with Gasteiger partial charge in [0.05, 0.1) is 4.34 Å². The van der Waals surface area contributed by atoms with Gasteiger partial charge in [0.1, 0.15) is 4.88 Å². The Morgan fingerprint density at radius 2 is 2.21 bits per heavy atom. The van der Waals surface area contributed by atoms with Crippen LogP contribution in [0.25, 0.3) is 0 Å². The highest BCUT2D eigenvalue weighted by Crippen LogP contribution is 2.34. The summed E-state index contributed by atoms with van der Waals surface area (Å²) >= 11 is 10.7. The van der Waals surface area contributed by atoms with Gasteiger partial charge in [0.15, 0.2) is 0 Å². The van der Waals surface area contributed by atoms with Crippen molar-refractivity contribution in [1.29, 1.82) is 0 Å². The molecule has 0 unspecified atom stereocenters. The quantitative estimate of drug-likeness (QED) is 0.873. The number of hydrogen-bond donors (Lipinski definition) is 1. The van der Waals surface area contributed by atoms with Gasteiger partial charge in [-0.3, -0.25) is 9.69 Å². The molecule has 4 heterocycles. The van der Waals surface area contributed by atoms with Crippen LogP contribution in [0.1, 0.15) is 29.4 Å². The minimum absolute atomic E-state index is 0.00521. The number of nitrogens with zero attached hydrogens (tertiary/aromatic N) is 1. The number of hydrogen-bond acceptors (Lipinski definition) is 3. The monoisotopic (exact) mass is 362 g/mol. The lowest BCUT2D eigenvalue weighted by Crippen LogP contribution is -2.62. The SMILES string of the molecule is C[C@@H]1[C@H](NC(=O)c2sc(Cl)cc2Br)C2CCN1CC2. The molecule has 3 aliphatic rings. The molecule has 3 nitrogen and oxygen atoms in total. The summed E-state index contributed by atoms with van der Waals surface area (Å²) in [6.45, 7) is 4.56. The third-order valence-electron chi connectivity index (χ3n) is 4.34. The van der Waals surface area contributed by atoms with Crippen molar-refractivity contribution in [2.45, 2.75) is 31.8 Å². The second-order valence-electron chi connectivity index (χ2n) is 5.34. The molecular weight excluding hydrogens is 348 g/mol. The number of amides is 1. The Bertz CT molecular complexity index is 497. The van der Waals surface area contributed by atoms with Crippen molar-refractivity contribution in [3.8, 4) is 0 Å². The Hall–Kier alpha value is -0.100. The first-order valence-corrected chi connectivity index (χ1v) is 8.54. The molecule has 0 spiro atoms. The molecular formula is C13H16BrClN2OS. The fourth-order valence-corrected chi connectivity index (χ4v) is 5.21. The zero-order chi connectivity index (χ0) is 13.6. The van der Waals surface area contributed by atoms with Gasteiger partial charge in [0, 0.05) is 16.6 Å². The summed E-state index contributed by atoms with van der Waals surface area (Å²) in [6.07, 6.45) is 2.39. The normalized spacial score (nSPS) is 33.4. The van der Waals surface area contributed by atoms with Crippen LogP contribution in [-0.2, 0) is 0 Å². The van der Waals surface area contributed by atoms with E-state index in [0.29, 0.717) is 21.2 Å². The lowest BCUT2D eigenvalue weighted by atomic mass is 9.79. The van der Waals surface area contributed by atoms with E-state index in [4.69, 9.17) is 11.6 Å². The van der Waals surface area contributed by atoms with E-state index < -0.39 is 0 Å². The van der Waals surface area contributed by atoms with Crippen LogP contribution in [0.2, 0.25) is 4.34 Å². The van der Waals surface area contributed by atoms with E-state index in [2.05, 4.69) is 33.1 Å². The molecule has 3 fully saturated rings. The average molecular weight is 364 g/mol. The van der Waals surface area contributed by atoms with Gasteiger partial charge in [-0.25, -0.2) is 0 Å². The van der Waals surface area contributed by atoms with Gasteiger partial charge in [-0.1, -0.05) is 11.6 Å². The summed E-state index contributed by atoms with van der Waals surface area (Å²) in [5.41, 5.74) is 0. The fourth-order valence-electron chi connectivity index (χ4n) is 3.26. The second kappa shape index (κ2) is 5.35. The number of piperidine rings is 3. The molecule has 0 radical (unpaired) electrons. The Labute approximate surface area is 130 Å². The van der Waals surface area contributed by atoms with E-state index in [1.807, 2.05) is 0 Å². The van der Waals surface area contributed by atoms with Crippen molar-refractivity contribution in [2.24, 2.45) is 5.92 Å². The third-order valence-corrected chi connectivity index (χ3v) is 6.49. The number of halogens is 2. The summed E-state index contributed by atoms with van der Waals surface area (Å²) in [4.78, 5) is 15.5. The number of rotatable bonds is 2. The van der Waals surface area contributed by atoms with Gasteiger partial charge in [-0.05, 0) is 60.8 Å². The third kappa shape index (κ3) is 2.58. The van der Waals surface area contributed by atoms with Gasteiger partial charge in [-0.2, -0.15) is 0 Å². The summed E-state index contributed by atoms with van der Waals surface area (Å²) in [5.74, 6) is 0.618. The van der Waals surface area contributed by atoms with E-state index >= 15 is 0 Å². The number of nitrogens with one attached hydrogen (secondary N) is 1. The molecule has 1 aromatic heterocycles. The van der Waals surface area contributed by atoms with Crippen LogP contribution < -0.4 is 5.32 Å². The lowest BCUT2D eigenvalue weighted by molar-refractivity contribution is 0.0218. The summed E-state index contributed by atoms with van der Waals surface area (Å²) in [7, 11) is 0. The Morgan fingerprint density at radius 1 is 1.53 bits per heavy atom. The van der Waals surface area contributed by atoms with Gasteiger partial charge in [0.2, 0.25) is 0 Å². The molecule has 2 atom stereocenters. The maximum absolute atomic E-state index is 12.4. The highest BCUT2D eigenvalue weighted by Gasteiger charge is 2.40. The molecule has 6 heteroatoms. The maximum Gasteiger partial charge on any atom is 0.262 e. The zero-order valence-electron chi connectivity index (χ0n) is 10.7. The molecule has 3 aliphatic heterocycles. The Balaban J connectivity index is 1.74. The van der Waals surface area contributed by atoms with Crippen molar-refractivity contribution in [2.75, 3.05) is 13.1 Å². The van der Waals surface area contributed by atoms with Crippen LogP contribution in [0.4, 0.5) is 0 Å². The molecule has 0 aromatic carbocycles. The number of thiophene rings is 1. The molecule has 1 amide bonds. The van der Waals surface area contributed by atoms with Crippen molar-refractivity contribution in [1.82, 2.24) is 10.2 Å². The number of carbonyl (C=O) groups excluding carboxylic acids is 1. The van der Waals surface area contributed by atoms with Crippen molar-refractivity contribution in [3.63, 3.8) is 0 Å². The first kappa shape index (κ1) is 13.9. The van der Waals surface area contributed by atoms with E-state index in [9.17, 15) is 4.79 Å². The first-order chi connectivity index (χ1) is 9.06. The second-order valence-corrected chi connectivity index (χ2v) is 7.88. The molecule has 4 rings (SSSR count). The van der Waals surface area contributed by atoms with E-state index in [0.717, 1.165) is 4.47 Å². The summed E-state index contributed by atoms with van der Waals surface area (Å²) < 4.78 is 1.42. The smallest absolute Gasteiger partial charge is 0.262 e. The van der Waals surface area contributed by atoms with Crippen LogP contribution in [-0.4, -0.2) is 36.0 Å². The Morgan fingerprint density at radius 3 is 2.74 bits per heavy atom. The van der Waals surface area contributed by atoms with E-state index in [1.54, 1.807) is 6.07 Å². The first-order valence-electron chi connectivity index (χ1n) is 6.56. The van der Waals surface area contributed by atoms with Crippen LogP contribution >= 0.6 is 38.9 Å². The lowest BCUT2D eigenvalue weighted by Gasteiger charge is -2.49. The fraction of sp³-hybridized carbons (Fsp3) is 0.615. The molecule has 2 bridgehead atoms. The standard InChI is InChI=1S/C13H16BrClN2OS/c1-7-11(8-2-4-17(7)5-3-8)16-13(18)12-9(14)6-10(15)19-12/h6-8,11H,2-5H2,1H3,(H,16,18)/t7-,11+/m1/s1. The molecule has 19 heavy (non-hydrogen) atoms. The van der Waals surface area contributed by atoms with Gasteiger partial charge < -0.3 is 5.32 Å². The van der Waals surface area contributed by atoms with Crippen LogP contribution in [0.15, 0.2) is 10.5 Å². The summed E-state index contributed by atoms with van der Waals surface area (Å²) in [5, 5.41) is 3.21. The predicted octanol–water partition coefficient (Wildman–Crippen LogP) is 3.38. The number of fused-ring (bicyclic) bond motifs is 3. The van der Waals surface area contributed by atoms with E-state index in [-0.39, 0.29) is 11.9 Å². The Kier molecular flexibility index (Phi) is 3.91. The van der Waals surface area contributed by atoms with Crippen LogP contribution in [0.3, 0.4) is 0 Å². The van der Waals surface area contributed by atoms with E-state index in [1.165, 1.54) is 37.3 Å². The maximum atomic E-state index is 12.4. The largest absolute Gasteiger partial charge is 0.347 e. The van der Waals surface area contributed by atoms with Gasteiger partial charge in [0.25, 0.3) is 5.91 Å². The molecule has 0 saturated carbocycles. The van der Waals surface area contributed by atoms with Crippen molar-refractivity contribution < 1.29 is 4.79 Å².